The number of nitrogens with zero attached hydrogens (tertiary/aromatic N) is 5. The number of aromatic nitrogens is 2. The maximum Gasteiger partial charge on any atom is 0.333 e. The van der Waals surface area contributed by atoms with E-state index in [2.05, 4.69) is 28.2 Å². The fraction of sp³-hybridized carbons (Fsp3) is 0.400. The summed E-state index contributed by atoms with van der Waals surface area (Å²) in [5, 5.41) is 0. The minimum atomic E-state index is -1.04. The van der Waals surface area contributed by atoms with E-state index in [1.165, 1.54) is 17.6 Å². The molecule has 4 rings (SSSR count). The van der Waals surface area contributed by atoms with Gasteiger partial charge in [0.15, 0.2) is 11.4 Å². The lowest BCUT2D eigenvalue weighted by molar-refractivity contribution is -0.156. The number of carbonyl (C=O) groups excluding carboxylic acids is 3. The number of methoxy groups -OCH3 is 1. The molecule has 1 aromatic carbocycles. The molecule has 0 saturated carbocycles. The quantitative estimate of drug-likeness (QED) is 0.453. The smallest absolute Gasteiger partial charge is 0.333 e. The van der Waals surface area contributed by atoms with Gasteiger partial charge in [0.05, 0.1) is 13.7 Å². The van der Waals surface area contributed by atoms with E-state index in [4.69, 9.17) is 4.74 Å². The molecule has 9 heteroatoms. The molecule has 3 heterocycles. The van der Waals surface area contributed by atoms with Crippen molar-refractivity contribution in [1.29, 1.82) is 0 Å². The van der Waals surface area contributed by atoms with Crippen molar-refractivity contribution in [2.45, 2.75) is 18.4 Å². The normalized spacial score (nSPS) is 20.5. The van der Waals surface area contributed by atoms with Gasteiger partial charge in [-0.05, 0) is 30.0 Å². The number of amides is 2. The molecule has 1 fully saturated rings. The molecular formula is C25H29N5O4. The molecule has 1 atom stereocenters. The van der Waals surface area contributed by atoms with Crippen molar-refractivity contribution in [2.75, 3.05) is 46.9 Å². The predicted molar refractivity (Wildman–Crippen MR) is 126 cm³/mol. The molecule has 1 saturated heterocycles. The number of likely N-dealkylation sites (tertiary alicyclic amines) is 1. The first-order valence-electron chi connectivity index (χ1n) is 11.3. The molecule has 1 aromatic heterocycles. The summed E-state index contributed by atoms with van der Waals surface area (Å²) >= 11 is 0. The highest BCUT2D eigenvalue weighted by Gasteiger charge is 2.49. The van der Waals surface area contributed by atoms with E-state index in [0.717, 1.165) is 17.5 Å². The summed E-state index contributed by atoms with van der Waals surface area (Å²) in [6, 6.07) is 9.95. The summed E-state index contributed by atoms with van der Waals surface area (Å²) < 4.78 is 4.94. The van der Waals surface area contributed by atoms with Crippen LogP contribution >= 0.6 is 0 Å². The second-order valence-corrected chi connectivity index (χ2v) is 8.67. The van der Waals surface area contributed by atoms with E-state index in [1.54, 1.807) is 25.5 Å². The summed E-state index contributed by atoms with van der Waals surface area (Å²) in [5.41, 5.74) is 2.27. The van der Waals surface area contributed by atoms with Crippen LogP contribution in [0.5, 0.6) is 0 Å². The third-order valence-electron chi connectivity index (χ3n) is 6.73. The van der Waals surface area contributed by atoms with Gasteiger partial charge in [-0.2, -0.15) is 0 Å². The van der Waals surface area contributed by atoms with Crippen molar-refractivity contribution < 1.29 is 19.1 Å². The number of rotatable bonds is 7. The predicted octanol–water partition coefficient (Wildman–Crippen LogP) is 1.46. The molecule has 2 aromatic rings. The first-order chi connectivity index (χ1) is 16.5. The van der Waals surface area contributed by atoms with Crippen LogP contribution in [0.4, 0.5) is 0 Å². The van der Waals surface area contributed by atoms with Gasteiger partial charge in [0.1, 0.15) is 0 Å². The van der Waals surface area contributed by atoms with Gasteiger partial charge >= 0.3 is 5.97 Å². The second-order valence-electron chi connectivity index (χ2n) is 8.67. The fourth-order valence-corrected chi connectivity index (χ4v) is 4.63. The Bertz CT molecular complexity index is 1070. The van der Waals surface area contributed by atoms with Gasteiger partial charge in [0.2, 0.25) is 12.3 Å². The minimum absolute atomic E-state index is 0.0151. The van der Waals surface area contributed by atoms with E-state index in [9.17, 15) is 14.4 Å². The highest BCUT2D eigenvalue weighted by molar-refractivity contribution is 5.85. The van der Waals surface area contributed by atoms with Gasteiger partial charge in [-0.25, -0.2) is 14.8 Å². The molecule has 2 aliphatic rings. The van der Waals surface area contributed by atoms with Crippen LogP contribution < -0.4 is 0 Å². The molecule has 2 amide bonds. The number of hydrogen-bond acceptors (Lipinski definition) is 7. The molecule has 9 nitrogen and oxygen atoms in total. The summed E-state index contributed by atoms with van der Waals surface area (Å²) in [7, 11) is 2.89. The Labute approximate surface area is 199 Å². The molecule has 0 radical (unpaired) electrons. The second kappa shape index (κ2) is 10.1. The Morgan fingerprint density at radius 3 is 2.47 bits per heavy atom. The maximum atomic E-state index is 12.9. The van der Waals surface area contributed by atoms with Crippen LogP contribution in [-0.2, 0) is 19.1 Å². The zero-order chi connectivity index (χ0) is 24.1. The monoisotopic (exact) mass is 463 g/mol. The number of carbonyl (C=O) groups is 3. The van der Waals surface area contributed by atoms with Crippen LogP contribution in [0.2, 0.25) is 0 Å². The zero-order valence-corrected chi connectivity index (χ0v) is 19.5. The summed E-state index contributed by atoms with van der Waals surface area (Å²) in [5.74, 6) is 0.259. The molecule has 1 unspecified atom stereocenters. The Morgan fingerprint density at radius 2 is 1.85 bits per heavy atom. The molecular weight excluding hydrogens is 434 g/mol. The van der Waals surface area contributed by atoms with Crippen LogP contribution in [0.3, 0.4) is 0 Å². The maximum absolute atomic E-state index is 12.9. The molecule has 0 bridgehead atoms. The van der Waals surface area contributed by atoms with E-state index < -0.39 is 11.5 Å². The van der Waals surface area contributed by atoms with Gasteiger partial charge in [0.25, 0.3) is 0 Å². The highest BCUT2D eigenvalue weighted by Crippen LogP contribution is 2.29. The molecule has 34 heavy (non-hydrogen) atoms. The van der Waals surface area contributed by atoms with E-state index >= 15 is 0 Å². The van der Waals surface area contributed by atoms with Crippen molar-refractivity contribution in [3.8, 4) is 11.4 Å². The highest BCUT2D eigenvalue weighted by atomic mass is 16.5. The SMILES string of the molecule is COC(=O)C1(N(C)C=O)CCN(CC(=O)N2CC=C(c3ccc(-c4ncccn4)cc3)CC2)C1. The van der Waals surface area contributed by atoms with Crippen LogP contribution in [0, 0.1) is 0 Å². The first-order valence-corrected chi connectivity index (χ1v) is 11.3. The number of likely N-dealkylation sites (N-methyl/N-ethyl adjacent to an activating group) is 1. The lowest BCUT2D eigenvalue weighted by atomic mass is 9.97. The molecule has 178 valence electrons. The molecule has 0 aliphatic carbocycles. The third kappa shape index (κ3) is 4.70. The number of hydrogen-bond donors (Lipinski definition) is 0. The van der Waals surface area contributed by atoms with Gasteiger partial charge in [0, 0.05) is 51.2 Å². The topological polar surface area (TPSA) is 95.9 Å². The van der Waals surface area contributed by atoms with Gasteiger partial charge in [-0.3, -0.25) is 14.5 Å². The van der Waals surface area contributed by atoms with Crippen molar-refractivity contribution in [1.82, 2.24) is 24.7 Å². The van der Waals surface area contributed by atoms with Gasteiger partial charge in [-0.1, -0.05) is 30.3 Å². The summed E-state index contributed by atoms with van der Waals surface area (Å²) in [6.07, 6.45) is 7.40. The van der Waals surface area contributed by atoms with E-state index in [1.807, 2.05) is 21.9 Å². The third-order valence-corrected chi connectivity index (χ3v) is 6.73. The van der Waals surface area contributed by atoms with E-state index in [0.29, 0.717) is 38.3 Å². The largest absolute Gasteiger partial charge is 0.467 e. The van der Waals surface area contributed by atoms with Crippen LogP contribution in [0.15, 0.2) is 48.8 Å². The van der Waals surface area contributed by atoms with Gasteiger partial charge in [-0.15, -0.1) is 0 Å². The Balaban J connectivity index is 1.35. The van der Waals surface area contributed by atoms with Crippen molar-refractivity contribution in [2.24, 2.45) is 0 Å². The molecule has 2 aliphatic heterocycles. The first kappa shape index (κ1) is 23.6. The minimum Gasteiger partial charge on any atom is -0.467 e. The molecule has 0 spiro atoms. The zero-order valence-electron chi connectivity index (χ0n) is 19.5. The standard InChI is InChI=1S/C25H29N5O4/c1-28(18-31)25(24(33)34-2)10-15-29(17-25)16-22(32)30-13-8-20(9-14-30)19-4-6-21(7-5-19)23-26-11-3-12-27-23/h3-8,11-12,18H,9-10,13-17H2,1-2H3. The Hall–Kier alpha value is -3.59. The van der Waals surface area contributed by atoms with Crippen molar-refractivity contribution in [3.63, 3.8) is 0 Å². The molecule has 0 N–H and O–H groups in total. The average Bonchev–Trinajstić information content (AvgIpc) is 3.33. The Morgan fingerprint density at radius 1 is 1.15 bits per heavy atom. The number of benzene rings is 1. The average molecular weight is 464 g/mol. The van der Waals surface area contributed by atoms with Crippen LogP contribution in [0.1, 0.15) is 18.4 Å². The number of esters is 1. The van der Waals surface area contributed by atoms with E-state index in [-0.39, 0.29) is 19.0 Å². The Kier molecular flexibility index (Phi) is 7.02. The summed E-state index contributed by atoms with van der Waals surface area (Å²) in [4.78, 5) is 50.3. The van der Waals surface area contributed by atoms with Crippen molar-refractivity contribution in [3.05, 3.63) is 54.4 Å². The number of ether oxygens (including phenoxy) is 1. The van der Waals surface area contributed by atoms with Crippen LogP contribution in [-0.4, -0.2) is 95.4 Å². The van der Waals surface area contributed by atoms with Crippen LogP contribution in [0.25, 0.3) is 17.0 Å². The van der Waals surface area contributed by atoms with Gasteiger partial charge < -0.3 is 14.5 Å². The fourth-order valence-electron chi connectivity index (χ4n) is 4.63. The lowest BCUT2D eigenvalue weighted by Gasteiger charge is -2.33. The van der Waals surface area contributed by atoms with Crippen molar-refractivity contribution >= 4 is 23.9 Å². The lowest BCUT2D eigenvalue weighted by Crippen LogP contribution is -2.55. The summed E-state index contributed by atoms with van der Waals surface area (Å²) in [6.45, 7) is 2.22.